The quantitative estimate of drug-likeness (QED) is 0.749. The zero-order chi connectivity index (χ0) is 13.1. The Morgan fingerprint density at radius 1 is 1.22 bits per heavy atom. The highest BCUT2D eigenvalue weighted by molar-refractivity contribution is 6.02. The summed E-state index contributed by atoms with van der Waals surface area (Å²) in [6.45, 7) is 0.667. The van der Waals surface area contributed by atoms with E-state index in [9.17, 15) is 9.59 Å². The summed E-state index contributed by atoms with van der Waals surface area (Å²) >= 11 is 0. The average molecular weight is 246 g/mol. The fraction of sp³-hybridized carbons (Fsp3) is 0.429. The SMILES string of the molecule is CN(C)C(=O)N1CCCC1C(=O)c1ccccc1. The van der Waals surface area contributed by atoms with Gasteiger partial charge in [0.15, 0.2) is 5.78 Å². The molecule has 2 amide bonds. The van der Waals surface area contributed by atoms with Gasteiger partial charge < -0.3 is 9.80 Å². The van der Waals surface area contributed by atoms with Crippen LogP contribution < -0.4 is 0 Å². The van der Waals surface area contributed by atoms with Crippen molar-refractivity contribution in [3.63, 3.8) is 0 Å². The van der Waals surface area contributed by atoms with Gasteiger partial charge in [-0.2, -0.15) is 0 Å². The van der Waals surface area contributed by atoms with Crippen molar-refractivity contribution in [1.29, 1.82) is 0 Å². The Hall–Kier alpha value is -1.84. The smallest absolute Gasteiger partial charge is 0.320 e. The molecule has 0 aliphatic carbocycles. The molecule has 1 aliphatic rings. The molecule has 1 aromatic rings. The molecule has 4 nitrogen and oxygen atoms in total. The number of rotatable bonds is 2. The summed E-state index contributed by atoms with van der Waals surface area (Å²) in [5, 5.41) is 0. The van der Waals surface area contributed by atoms with Crippen LogP contribution in [0.5, 0.6) is 0 Å². The van der Waals surface area contributed by atoms with E-state index in [2.05, 4.69) is 0 Å². The van der Waals surface area contributed by atoms with Crippen LogP contribution in [0.15, 0.2) is 30.3 Å². The fourth-order valence-corrected chi connectivity index (χ4v) is 2.32. The van der Waals surface area contributed by atoms with Crippen LogP contribution in [-0.4, -0.2) is 48.3 Å². The second-order valence-corrected chi connectivity index (χ2v) is 4.76. The number of amides is 2. The molecule has 0 bridgehead atoms. The van der Waals surface area contributed by atoms with E-state index in [4.69, 9.17) is 0 Å². The van der Waals surface area contributed by atoms with E-state index >= 15 is 0 Å². The second-order valence-electron chi connectivity index (χ2n) is 4.76. The minimum absolute atomic E-state index is 0.0447. The first-order chi connectivity index (χ1) is 8.61. The molecule has 0 N–H and O–H groups in total. The molecular weight excluding hydrogens is 228 g/mol. The standard InChI is InChI=1S/C14H18N2O2/c1-15(2)14(18)16-10-6-9-12(16)13(17)11-7-4-3-5-8-11/h3-5,7-8,12H,6,9-10H2,1-2H3. The first-order valence-electron chi connectivity index (χ1n) is 6.18. The van der Waals surface area contributed by atoms with E-state index in [1.807, 2.05) is 18.2 Å². The van der Waals surface area contributed by atoms with Crippen LogP contribution in [0.1, 0.15) is 23.2 Å². The van der Waals surface area contributed by atoms with E-state index in [0.717, 1.165) is 12.8 Å². The summed E-state index contributed by atoms with van der Waals surface area (Å²) in [6.07, 6.45) is 1.65. The van der Waals surface area contributed by atoms with Gasteiger partial charge in [-0.25, -0.2) is 4.79 Å². The van der Waals surface area contributed by atoms with E-state index in [0.29, 0.717) is 12.1 Å². The third-order valence-electron chi connectivity index (χ3n) is 3.24. The third kappa shape index (κ3) is 2.37. The van der Waals surface area contributed by atoms with Crippen molar-refractivity contribution < 1.29 is 9.59 Å². The van der Waals surface area contributed by atoms with E-state index < -0.39 is 0 Å². The van der Waals surface area contributed by atoms with Crippen molar-refractivity contribution in [2.24, 2.45) is 0 Å². The number of likely N-dealkylation sites (tertiary alicyclic amines) is 1. The predicted octanol–water partition coefficient (Wildman–Crippen LogP) is 2.02. The number of carbonyl (C=O) groups excluding carboxylic acids is 2. The first kappa shape index (κ1) is 12.6. The predicted molar refractivity (Wildman–Crippen MR) is 69.6 cm³/mol. The van der Waals surface area contributed by atoms with Gasteiger partial charge in [-0.3, -0.25) is 4.79 Å². The van der Waals surface area contributed by atoms with Gasteiger partial charge in [0.2, 0.25) is 0 Å². The summed E-state index contributed by atoms with van der Waals surface area (Å²) in [6, 6.07) is 8.80. The van der Waals surface area contributed by atoms with Crippen LogP contribution in [-0.2, 0) is 0 Å². The minimum atomic E-state index is -0.303. The molecule has 0 aromatic heterocycles. The van der Waals surface area contributed by atoms with Gasteiger partial charge >= 0.3 is 6.03 Å². The highest BCUT2D eigenvalue weighted by atomic mass is 16.2. The topological polar surface area (TPSA) is 40.6 Å². The zero-order valence-corrected chi connectivity index (χ0v) is 10.8. The molecule has 1 atom stereocenters. The van der Waals surface area contributed by atoms with E-state index in [1.165, 1.54) is 4.90 Å². The molecule has 2 rings (SSSR count). The lowest BCUT2D eigenvalue weighted by Crippen LogP contribution is -2.45. The summed E-state index contributed by atoms with van der Waals surface area (Å²) in [7, 11) is 3.43. The van der Waals surface area contributed by atoms with Crippen molar-refractivity contribution in [2.45, 2.75) is 18.9 Å². The number of hydrogen-bond acceptors (Lipinski definition) is 2. The Morgan fingerprint density at radius 3 is 2.50 bits per heavy atom. The average Bonchev–Trinajstić information content (AvgIpc) is 2.87. The monoisotopic (exact) mass is 246 g/mol. The lowest BCUT2D eigenvalue weighted by Gasteiger charge is -2.26. The Balaban J connectivity index is 2.17. The Bertz CT molecular complexity index is 442. The maximum Gasteiger partial charge on any atom is 0.320 e. The molecule has 1 fully saturated rings. The van der Waals surface area contributed by atoms with Crippen molar-refractivity contribution in [3.8, 4) is 0 Å². The summed E-state index contributed by atoms with van der Waals surface area (Å²) < 4.78 is 0. The van der Waals surface area contributed by atoms with Crippen LogP contribution >= 0.6 is 0 Å². The number of carbonyl (C=O) groups is 2. The number of nitrogens with zero attached hydrogens (tertiary/aromatic N) is 2. The molecule has 0 spiro atoms. The molecule has 4 heteroatoms. The fourth-order valence-electron chi connectivity index (χ4n) is 2.32. The van der Waals surface area contributed by atoms with Crippen molar-refractivity contribution in [2.75, 3.05) is 20.6 Å². The van der Waals surface area contributed by atoms with E-state index in [-0.39, 0.29) is 17.9 Å². The van der Waals surface area contributed by atoms with Crippen molar-refractivity contribution in [3.05, 3.63) is 35.9 Å². The molecule has 1 saturated heterocycles. The van der Waals surface area contributed by atoms with Gasteiger partial charge in [0, 0.05) is 26.2 Å². The Kier molecular flexibility index (Phi) is 3.65. The molecule has 1 aromatic carbocycles. The maximum atomic E-state index is 12.4. The lowest BCUT2D eigenvalue weighted by molar-refractivity contribution is 0.0872. The lowest BCUT2D eigenvalue weighted by atomic mass is 10.0. The normalized spacial score (nSPS) is 18.8. The van der Waals surface area contributed by atoms with Gasteiger partial charge in [0.1, 0.15) is 0 Å². The Morgan fingerprint density at radius 2 is 1.89 bits per heavy atom. The molecular formula is C14H18N2O2. The number of hydrogen-bond donors (Lipinski definition) is 0. The molecule has 1 aliphatic heterocycles. The van der Waals surface area contributed by atoms with Gasteiger partial charge in [-0.1, -0.05) is 30.3 Å². The largest absolute Gasteiger partial charge is 0.331 e. The van der Waals surface area contributed by atoms with Gasteiger partial charge in [-0.05, 0) is 12.8 Å². The maximum absolute atomic E-state index is 12.4. The molecule has 96 valence electrons. The minimum Gasteiger partial charge on any atom is -0.331 e. The molecule has 0 radical (unpaired) electrons. The number of benzene rings is 1. The van der Waals surface area contributed by atoms with Crippen molar-refractivity contribution in [1.82, 2.24) is 9.80 Å². The second kappa shape index (κ2) is 5.21. The van der Waals surface area contributed by atoms with Crippen LogP contribution in [0.3, 0.4) is 0 Å². The third-order valence-corrected chi connectivity index (χ3v) is 3.24. The summed E-state index contributed by atoms with van der Waals surface area (Å²) in [5.74, 6) is 0.0447. The van der Waals surface area contributed by atoms with Gasteiger partial charge in [-0.15, -0.1) is 0 Å². The van der Waals surface area contributed by atoms with Crippen molar-refractivity contribution >= 4 is 11.8 Å². The van der Waals surface area contributed by atoms with Crippen LogP contribution in [0, 0.1) is 0 Å². The molecule has 1 unspecified atom stereocenters. The Labute approximate surface area is 107 Å². The van der Waals surface area contributed by atoms with Crippen LogP contribution in [0.25, 0.3) is 0 Å². The number of ketones is 1. The van der Waals surface area contributed by atoms with Crippen LogP contribution in [0.2, 0.25) is 0 Å². The number of Topliss-reactive ketones (excluding diaryl/α,β-unsaturated/α-hetero) is 1. The van der Waals surface area contributed by atoms with Gasteiger partial charge in [0.05, 0.1) is 6.04 Å². The zero-order valence-electron chi connectivity index (χ0n) is 10.8. The molecule has 0 saturated carbocycles. The first-order valence-corrected chi connectivity index (χ1v) is 6.18. The summed E-state index contributed by atoms with van der Waals surface area (Å²) in [4.78, 5) is 27.6. The highest BCUT2D eigenvalue weighted by Gasteiger charge is 2.34. The summed E-state index contributed by atoms with van der Waals surface area (Å²) in [5.41, 5.74) is 0.681. The molecule has 18 heavy (non-hydrogen) atoms. The van der Waals surface area contributed by atoms with Crippen LogP contribution in [0.4, 0.5) is 4.79 Å². The number of urea groups is 1. The highest BCUT2D eigenvalue weighted by Crippen LogP contribution is 2.22. The van der Waals surface area contributed by atoms with Gasteiger partial charge in [0.25, 0.3) is 0 Å². The van der Waals surface area contributed by atoms with E-state index in [1.54, 1.807) is 31.1 Å². The molecule has 1 heterocycles.